The highest BCUT2D eigenvalue weighted by Gasteiger charge is 2.36. The number of ether oxygens (including phenoxy) is 1. The number of hydrogen-bond acceptors (Lipinski definition) is 7. The predicted molar refractivity (Wildman–Crippen MR) is 127 cm³/mol. The molecule has 0 aliphatic carbocycles. The van der Waals surface area contributed by atoms with E-state index in [2.05, 4.69) is 5.16 Å². The number of amidine groups is 1. The summed E-state index contributed by atoms with van der Waals surface area (Å²) in [6, 6.07) is 10.8. The van der Waals surface area contributed by atoms with Crippen LogP contribution < -0.4 is 5.73 Å². The Labute approximate surface area is 207 Å². The van der Waals surface area contributed by atoms with E-state index in [0.29, 0.717) is 48.2 Å². The Morgan fingerprint density at radius 1 is 1.14 bits per heavy atom. The average Bonchev–Trinajstić information content (AvgIpc) is 3.21. The summed E-state index contributed by atoms with van der Waals surface area (Å²) in [6.45, 7) is 0.743. The zero-order valence-corrected chi connectivity index (χ0v) is 19.5. The maximum absolute atomic E-state index is 13.3. The van der Waals surface area contributed by atoms with E-state index in [1.54, 1.807) is 40.1 Å². The van der Waals surface area contributed by atoms with Gasteiger partial charge in [0.05, 0.1) is 18.6 Å². The highest BCUT2D eigenvalue weighted by atomic mass is 16.5. The minimum Gasteiger partial charge on any atom is -0.508 e. The maximum atomic E-state index is 13.3. The van der Waals surface area contributed by atoms with Gasteiger partial charge >= 0.3 is 5.97 Å². The smallest absolute Gasteiger partial charge is 0.329 e. The first kappa shape index (κ1) is 25.0. The number of carbonyl (C=O) groups is 3. The lowest BCUT2D eigenvalue weighted by atomic mass is 9.99. The van der Waals surface area contributed by atoms with Crippen molar-refractivity contribution in [3.63, 3.8) is 0 Å². The number of likely N-dealkylation sites (tertiary alicyclic amines) is 1. The molecule has 5 N–H and O–H groups in total. The van der Waals surface area contributed by atoms with Gasteiger partial charge < -0.3 is 35.7 Å². The van der Waals surface area contributed by atoms with Crippen LogP contribution >= 0.6 is 0 Å². The number of carboxylic acids is 1. The highest BCUT2D eigenvalue weighted by Crippen LogP contribution is 2.35. The Balaban J connectivity index is 1.51. The topological polar surface area (TPSA) is 166 Å². The first-order chi connectivity index (χ1) is 17.3. The Bertz CT molecular complexity index is 1170. The van der Waals surface area contributed by atoms with Crippen molar-refractivity contribution in [3.8, 4) is 5.75 Å². The number of nitrogens with two attached hydrogens (primary N) is 1. The van der Waals surface area contributed by atoms with E-state index in [9.17, 15) is 19.5 Å². The molecule has 0 saturated carbocycles. The number of rotatable bonds is 8. The van der Waals surface area contributed by atoms with Crippen LogP contribution in [0.2, 0.25) is 0 Å². The lowest BCUT2D eigenvalue weighted by molar-refractivity contribution is -0.147. The lowest BCUT2D eigenvalue weighted by Gasteiger charge is -2.34. The average molecular weight is 497 g/mol. The number of benzene rings is 2. The number of piperidine rings is 1. The zero-order valence-electron chi connectivity index (χ0n) is 19.5. The van der Waals surface area contributed by atoms with Crippen LogP contribution in [-0.4, -0.2) is 74.6 Å². The third-order valence-electron chi connectivity index (χ3n) is 6.60. The van der Waals surface area contributed by atoms with Gasteiger partial charge in [-0.2, -0.15) is 0 Å². The van der Waals surface area contributed by atoms with Crippen molar-refractivity contribution in [2.75, 3.05) is 19.7 Å². The van der Waals surface area contributed by atoms with E-state index in [1.165, 1.54) is 12.1 Å². The highest BCUT2D eigenvalue weighted by molar-refractivity contribution is 6.02. The maximum Gasteiger partial charge on any atom is 0.329 e. The van der Waals surface area contributed by atoms with Gasteiger partial charge in [-0.25, -0.2) is 4.79 Å². The van der Waals surface area contributed by atoms with Crippen molar-refractivity contribution in [1.29, 1.82) is 0 Å². The molecule has 1 unspecified atom stereocenters. The fraction of sp³-hybridized carbons (Fsp3) is 0.360. The number of carboxylic acid groups (broad SMARTS) is 1. The van der Waals surface area contributed by atoms with Crippen molar-refractivity contribution in [2.45, 2.75) is 38.0 Å². The molecule has 4 rings (SSSR count). The number of oxime groups is 1. The first-order valence-electron chi connectivity index (χ1n) is 11.6. The van der Waals surface area contributed by atoms with E-state index in [1.807, 2.05) is 0 Å². The molecule has 0 spiro atoms. The fourth-order valence-corrected chi connectivity index (χ4v) is 4.67. The van der Waals surface area contributed by atoms with Crippen LogP contribution in [0, 0.1) is 0 Å². The molecule has 0 bridgehead atoms. The number of aromatic hydroxyl groups is 1. The second-order valence-electron chi connectivity index (χ2n) is 8.89. The van der Waals surface area contributed by atoms with Crippen molar-refractivity contribution in [1.82, 2.24) is 9.80 Å². The Hall–Kier alpha value is -4.12. The number of amides is 2. The molecule has 0 radical (unpaired) electrons. The molecule has 2 amide bonds. The Morgan fingerprint density at radius 3 is 2.47 bits per heavy atom. The molecule has 11 heteroatoms. The van der Waals surface area contributed by atoms with Crippen LogP contribution in [0.3, 0.4) is 0 Å². The number of hydrogen-bond donors (Lipinski definition) is 4. The van der Waals surface area contributed by atoms with Crippen LogP contribution in [0.4, 0.5) is 0 Å². The first-order valence-corrected chi connectivity index (χ1v) is 11.6. The molecular formula is C25H28N4O7. The van der Waals surface area contributed by atoms with Gasteiger partial charge in [0, 0.05) is 30.8 Å². The molecule has 1 fully saturated rings. The van der Waals surface area contributed by atoms with Crippen molar-refractivity contribution >= 4 is 23.6 Å². The predicted octanol–water partition coefficient (Wildman–Crippen LogP) is 1.67. The summed E-state index contributed by atoms with van der Waals surface area (Å²) in [6.07, 6.45) is 0.899. The van der Waals surface area contributed by atoms with E-state index in [-0.39, 0.29) is 49.1 Å². The lowest BCUT2D eigenvalue weighted by Crippen LogP contribution is -2.43. The van der Waals surface area contributed by atoms with Crippen molar-refractivity contribution in [3.05, 3.63) is 64.7 Å². The Kier molecular flexibility index (Phi) is 7.39. The summed E-state index contributed by atoms with van der Waals surface area (Å²) in [5.41, 5.74) is 8.08. The number of aliphatic carboxylic acids is 1. The fourth-order valence-electron chi connectivity index (χ4n) is 4.67. The van der Waals surface area contributed by atoms with Crippen LogP contribution in [0.25, 0.3) is 0 Å². The standard InChI is InChI=1S/C25H28N4O7/c26-24(27-35)16-3-6-20-17(11-16)13-29(25(20)34)21(15-1-4-18(30)5-2-15)12-22(31)28-9-7-19(8-10-28)36-14-23(32)33/h1-6,11,19,21,30,35H,7-10,12-14H2,(H2,26,27)(H,32,33). The van der Waals surface area contributed by atoms with Gasteiger partial charge in [0.25, 0.3) is 5.91 Å². The van der Waals surface area contributed by atoms with Crippen molar-refractivity contribution < 1.29 is 34.5 Å². The molecular weight excluding hydrogens is 468 g/mol. The number of phenols is 1. The Morgan fingerprint density at radius 2 is 1.83 bits per heavy atom. The van der Waals surface area contributed by atoms with Gasteiger partial charge in [-0.05, 0) is 48.2 Å². The minimum absolute atomic E-state index is 0.0399. The van der Waals surface area contributed by atoms with Crippen LogP contribution in [0.15, 0.2) is 47.6 Å². The summed E-state index contributed by atoms with van der Waals surface area (Å²) >= 11 is 0. The third-order valence-corrected chi connectivity index (χ3v) is 6.60. The molecule has 1 saturated heterocycles. The van der Waals surface area contributed by atoms with Gasteiger partial charge in [0.1, 0.15) is 12.4 Å². The largest absolute Gasteiger partial charge is 0.508 e. The summed E-state index contributed by atoms with van der Waals surface area (Å²) in [7, 11) is 0. The third kappa shape index (κ3) is 5.41. The SMILES string of the molecule is N/C(=N/O)c1ccc2c(c1)CN(C(CC(=O)N1CCC(OCC(=O)O)CC1)c1ccc(O)cc1)C2=O. The van der Waals surface area contributed by atoms with Gasteiger partial charge in [0.2, 0.25) is 5.91 Å². The minimum atomic E-state index is -1.03. The molecule has 190 valence electrons. The quantitative estimate of drug-likeness (QED) is 0.185. The van der Waals surface area contributed by atoms with Gasteiger partial charge in [-0.3, -0.25) is 9.59 Å². The van der Waals surface area contributed by atoms with Crippen LogP contribution in [0.5, 0.6) is 5.75 Å². The molecule has 2 heterocycles. The number of carbonyl (C=O) groups excluding carboxylic acids is 2. The molecule has 2 aliphatic rings. The van der Waals surface area contributed by atoms with Crippen LogP contribution in [0.1, 0.15) is 52.4 Å². The molecule has 2 aromatic rings. The summed E-state index contributed by atoms with van der Waals surface area (Å²) in [4.78, 5) is 40.7. The number of fused-ring (bicyclic) bond motifs is 1. The molecule has 2 aromatic carbocycles. The number of nitrogens with zero attached hydrogens (tertiary/aromatic N) is 3. The molecule has 1 atom stereocenters. The summed E-state index contributed by atoms with van der Waals surface area (Å²) in [5.74, 6) is -1.38. The second-order valence-corrected chi connectivity index (χ2v) is 8.89. The van der Waals surface area contributed by atoms with E-state index in [0.717, 1.165) is 0 Å². The van der Waals surface area contributed by atoms with Crippen LogP contribution in [-0.2, 0) is 20.9 Å². The summed E-state index contributed by atoms with van der Waals surface area (Å²) < 4.78 is 5.35. The molecule has 0 aromatic heterocycles. The van der Waals surface area contributed by atoms with E-state index in [4.69, 9.17) is 20.8 Å². The number of phenolic OH excluding ortho intramolecular Hbond substituents is 1. The van der Waals surface area contributed by atoms with Gasteiger partial charge in [-0.1, -0.05) is 23.4 Å². The zero-order chi connectivity index (χ0) is 25.8. The van der Waals surface area contributed by atoms with E-state index >= 15 is 0 Å². The molecule has 11 nitrogen and oxygen atoms in total. The normalized spacial score (nSPS) is 17.2. The van der Waals surface area contributed by atoms with Gasteiger partial charge in [0.15, 0.2) is 5.84 Å². The van der Waals surface area contributed by atoms with Gasteiger partial charge in [-0.15, -0.1) is 0 Å². The van der Waals surface area contributed by atoms with Crippen molar-refractivity contribution in [2.24, 2.45) is 10.9 Å². The van der Waals surface area contributed by atoms with E-state index < -0.39 is 12.0 Å². The second kappa shape index (κ2) is 10.6. The molecule has 2 aliphatic heterocycles. The molecule has 36 heavy (non-hydrogen) atoms. The summed E-state index contributed by atoms with van der Waals surface area (Å²) in [5, 5.41) is 30.5. The monoisotopic (exact) mass is 496 g/mol.